The minimum atomic E-state index is -0.780. The first kappa shape index (κ1) is 26.4. The monoisotopic (exact) mass is 559 g/mol. The Morgan fingerprint density at radius 1 is 1.00 bits per heavy atom. The van der Waals surface area contributed by atoms with Gasteiger partial charge in [-0.15, -0.1) is 22.9 Å². The molecule has 8 nitrogen and oxygen atoms in total. The van der Waals surface area contributed by atoms with Crippen LogP contribution in [0.1, 0.15) is 22.4 Å². The Morgan fingerprint density at radius 2 is 1.54 bits per heavy atom. The van der Waals surface area contributed by atoms with Gasteiger partial charge in [0.25, 0.3) is 5.91 Å². The molecule has 0 bridgehead atoms. The lowest BCUT2D eigenvalue weighted by Gasteiger charge is -2.36. The van der Waals surface area contributed by atoms with Crippen LogP contribution in [0.25, 0.3) is 0 Å². The Labute approximate surface area is 235 Å². The molecule has 198 valence electrons. The summed E-state index contributed by atoms with van der Waals surface area (Å²) >= 11 is 7.22. The third-order valence-corrected chi connectivity index (χ3v) is 7.61. The molecule has 3 aromatic carbocycles. The average Bonchev–Trinajstić information content (AvgIpc) is 3.45. The van der Waals surface area contributed by atoms with Crippen molar-refractivity contribution in [2.24, 2.45) is 5.16 Å². The van der Waals surface area contributed by atoms with E-state index in [1.165, 1.54) is 18.4 Å². The summed E-state index contributed by atoms with van der Waals surface area (Å²) in [5, 5.41) is 15.2. The fraction of sp³-hybridized carbons (Fsp3) is 0.172. The molecule has 10 heteroatoms. The van der Waals surface area contributed by atoms with Gasteiger partial charge in [0, 0.05) is 11.3 Å². The van der Waals surface area contributed by atoms with Gasteiger partial charge < -0.3 is 20.8 Å². The van der Waals surface area contributed by atoms with Gasteiger partial charge in [0.2, 0.25) is 5.91 Å². The standard InChI is InChI=1S/C29H26ClN5O3S/c1-38-35-25(27(37)33-24-22(17-30)31-26(24)36)23-18-39-28(32-23)34-29(19-11-5-2-6-12-19,20-13-7-3-8-14-20)21-15-9-4-10-16-21/h2-16,18,22,24H,17H2,1H3,(H,31,36)(H,32,34)(H,33,37)/b35-25-. The lowest BCUT2D eigenvalue weighted by Crippen LogP contribution is -2.70. The van der Waals surface area contributed by atoms with E-state index in [1.54, 1.807) is 5.38 Å². The minimum absolute atomic E-state index is 0.0421. The number of carbonyl (C=O) groups excluding carboxylic acids is 2. The summed E-state index contributed by atoms with van der Waals surface area (Å²) in [5.41, 5.74) is 2.55. The topological polar surface area (TPSA) is 105 Å². The fourth-order valence-electron chi connectivity index (χ4n) is 4.62. The SMILES string of the molecule is CO/N=C(\C(=O)NC1C(=O)NC1CCl)c1csc(NC(c2ccccc2)(c2ccccc2)c2ccccc2)n1. The van der Waals surface area contributed by atoms with Crippen molar-refractivity contribution in [1.29, 1.82) is 0 Å². The predicted molar refractivity (Wildman–Crippen MR) is 153 cm³/mol. The number of oxime groups is 1. The van der Waals surface area contributed by atoms with Gasteiger partial charge in [0.15, 0.2) is 10.8 Å². The Morgan fingerprint density at radius 3 is 2.00 bits per heavy atom. The molecule has 1 saturated heterocycles. The van der Waals surface area contributed by atoms with Gasteiger partial charge in [-0.3, -0.25) is 9.59 Å². The maximum absolute atomic E-state index is 13.1. The fourth-order valence-corrected chi connectivity index (χ4v) is 5.63. The number of aromatic nitrogens is 1. The highest BCUT2D eigenvalue weighted by molar-refractivity contribution is 7.14. The van der Waals surface area contributed by atoms with Crippen molar-refractivity contribution in [3.8, 4) is 0 Å². The second-order valence-corrected chi connectivity index (χ2v) is 10.0. The van der Waals surface area contributed by atoms with Gasteiger partial charge in [-0.25, -0.2) is 4.98 Å². The molecule has 1 aromatic heterocycles. The minimum Gasteiger partial charge on any atom is -0.398 e. The van der Waals surface area contributed by atoms with Crippen LogP contribution in [-0.4, -0.2) is 47.6 Å². The summed E-state index contributed by atoms with van der Waals surface area (Å²) in [6, 6.07) is 29.3. The maximum Gasteiger partial charge on any atom is 0.276 e. The van der Waals surface area contributed by atoms with Crippen LogP contribution in [0.15, 0.2) is 102 Å². The lowest BCUT2D eigenvalue weighted by molar-refractivity contribution is -0.134. The van der Waals surface area contributed by atoms with Crippen LogP contribution in [0.3, 0.4) is 0 Å². The third kappa shape index (κ3) is 5.23. The first-order valence-electron chi connectivity index (χ1n) is 12.3. The molecule has 0 spiro atoms. The molecule has 1 aliphatic rings. The summed E-state index contributed by atoms with van der Waals surface area (Å²) in [6.45, 7) is 0. The van der Waals surface area contributed by atoms with Gasteiger partial charge in [-0.05, 0) is 16.7 Å². The zero-order valence-electron chi connectivity index (χ0n) is 21.0. The number of carbonyl (C=O) groups is 2. The van der Waals surface area contributed by atoms with E-state index in [0.29, 0.717) is 10.8 Å². The number of β-lactam (4-membered cyclic amide) rings is 1. The molecule has 0 aliphatic carbocycles. The average molecular weight is 560 g/mol. The van der Waals surface area contributed by atoms with Crippen LogP contribution < -0.4 is 16.0 Å². The Kier molecular flexibility index (Phi) is 7.90. The summed E-state index contributed by atoms with van der Waals surface area (Å²) < 4.78 is 0. The van der Waals surface area contributed by atoms with Crippen molar-refractivity contribution in [2.75, 3.05) is 18.3 Å². The van der Waals surface area contributed by atoms with E-state index in [2.05, 4.69) is 57.5 Å². The number of rotatable bonds is 10. The van der Waals surface area contributed by atoms with Crippen LogP contribution in [-0.2, 0) is 20.0 Å². The summed E-state index contributed by atoms with van der Waals surface area (Å²) in [4.78, 5) is 34.7. The largest absolute Gasteiger partial charge is 0.398 e. The van der Waals surface area contributed by atoms with Gasteiger partial charge in [0.05, 0.1) is 6.04 Å². The normalized spacial score (nSPS) is 17.1. The molecule has 3 N–H and O–H groups in total. The van der Waals surface area contributed by atoms with Crippen molar-refractivity contribution in [3.05, 3.63) is 119 Å². The summed E-state index contributed by atoms with van der Waals surface area (Å²) in [6.07, 6.45) is 0. The van der Waals surface area contributed by atoms with Crippen molar-refractivity contribution in [2.45, 2.75) is 17.6 Å². The highest BCUT2D eigenvalue weighted by Crippen LogP contribution is 2.40. The molecule has 0 radical (unpaired) electrons. The van der Waals surface area contributed by atoms with Crippen LogP contribution >= 0.6 is 22.9 Å². The molecule has 39 heavy (non-hydrogen) atoms. The number of hydrogen-bond acceptors (Lipinski definition) is 7. The van der Waals surface area contributed by atoms with Crippen LogP contribution in [0.2, 0.25) is 0 Å². The summed E-state index contributed by atoms with van der Waals surface area (Å²) in [5.74, 6) is -0.701. The first-order valence-corrected chi connectivity index (χ1v) is 13.7. The molecule has 2 atom stereocenters. The number of nitrogens with zero attached hydrogens (tertiary/aromatic N) is 2. The number of thiazole rings is 1. The number of anilines is 1. The zero-order chi connectivity index (χ0) is 27.2. The van der Waals surface area contributed by atoms with Gasteiger partial charge >= 0.3 is 0 Å². The molecular formula is C29H26ClN5O3S. The van der Waals surface area contributed by atoms with Crippen molar-refractivity contribution >= 4 is 45.6 Å². The zero-order valence-corrected chi connectivity index (χ0v) is 22.6. The van der Waals surface area contributed by atoms with Gasteiger partial charge in [0.1, 0.15) is 24.4 Å². The van der Waals surface area contributed by atoms with E-state index >= 15 is 0 Å². The molecule has 4 aromatic rings. The Balaban J connectivity index is 1.53. The predicted octanol–water partition coefficient (Wildman–Crippen LogP) is 4.12. The molecule has 2 unspecified atom stereocenters. The molecule has 0 saturated carbocycles. The smallest absolute Gasteiger partial charge is 0.276 e. The summed E-state index contributed by atoms with van der Waals surface area (Å²) in [7, 11) is 1.35. The van der Waals surface area contributed by atoms with Crippen LogP contribution in [0, 0.1) is 0 Å². The molecule has 2 amide bonds. The second kappa shape index (κ2) is 11.7. The van der Waals surface area contributed by atoms with E-state index in [-0.39, 0.29) is 23.5 Å². The molecule has 5 rings (SSSR count). The number of hydrogen-bond donors (Lipinski definition) is 3. The van der Waals surface area contributed by atoms with Crippen LogP contribution in [0.5, 0.6) is 0 Å². The van der Waals surface area contributed by atoms with Crippen molar-refractivity contribution < 1.29 is 14.4 Å². The van der Waals surface area contributed by atoms with E-state index < -0.39 is 17.5 Å². The van der Waals surface area contributed by atoms with E-state index in [1.807, 2.05) is 54.6 Å². The van der Waals surface area contributed by atoms with Gasteiger partial charge in [-0.2, -0.15) is 0 Å². The highest BCUT2D eigenvalue weighted by atomic mass is 35.5. The number of benzene rings is 3. The van der Waals surface area contributed by atoms with Gasteiger partial charge in [-0.1, -0.05) is 96.2 Å². The van der Waals surface area contributed by atoms with Crippen molar-refractivity contribution in [3.63, 3.8) is 0 Å². The lowest BCUT2D eigenvalue weighted by atomic mass is 9.77. The number of halogens is 1. The van der Waals surface area contributed by atoms with Crippen molar-refractivity contribution in [1.82, 2.24) is 15.6 Å². The maximum atomic E-state index is 13.1. The quantitative estimate of drug-likeness (QED) is 0.0891. The van der Waals surface area contributed by atoms with E-state index in [4.69, 9.17) is 21.4 Å². The molecular weight excluding hydrogens is 534 g/mol. The van der Waals surface area contributed by atoms with E-state index in [0.717, 1.165) is 16.7 Å². The number of alkyl halides is 1. The first-order chi connectivity index (χ1) is 19.1. The Hall–Kier alpha value is -4.21. The Bertz CT molecular complexity index is 1370. The number of amides is 2. The highest BCUT2D eigenvalue weighted by Gasteiger charge is 2.41. The third-order valence-electron chi connectivity index (χ3n) is 6.52. The molecule has 2 heterocycles. The molecule has 1 aliphatic heterocycles. The van der Waals surface area contributed by atoms with Crippen LogP contribution in [0.4, 0.5) is 5.13 Å². The molecule has 1 fully saturated rings. The van der Waals surface area contributed by atoms with E-state index in [9.17, 15) is 9.59 Å². The number of nitrogens with one attached hydrogen (secondary N) is 3. The second-order valence-electron chi connectivity index (χ2n) is 8.85.